The topological polar surface area (TPSA) is 0 Å². The van der Waals surface area contributed by atoms with Crippen LogP contribution >= 0.6 is 58.5 Å². The maximum atomic E-state index is 5.82. The first kappa shape index (κ1) is 21.4. The Bertz CT molecular complexity index is 616. The number of halogens is 2. The molecule has 0 aliphatic carbocycles. The highest BCUT2D eigenvalue weighted by Gasteiger charge is 2.07. The molecule has 0 heterocycles. The summed E-state index contributed by atoms with van der Waals surface area (Å²) in [6.45, 7) is 4.43. The summed E-state index contributed by atoms with van der Waals surface area (Å²) in [4.78, 5) is 5.31. The van der Waals surface area contributed by atoms with Gasteiger partial charge in [0.2, 0.25) is 0 Å². The lowest BCUT2D eigenvalue weighted by atomic mass is 10.2. The second-order valence-electron chi connectivity index (χ2n) is 5.42. The van der Waals surface area contributed by atoms with E-state index in [1.807, 2.05) is 35.3 Å². The van der Waals surface area contributed by atoms with Crippen molar-refractivity contribution in [2.75, 3.05) is 23.3 Å². The Morgan fingerprint density at radius 2 is 1.16 bits per heavy atom. The van der Waals surface area contributed by atoms with Crippen LogP contribution in [0.15, 0.2) is 56.0 Å². The predicted molar refractivity (Wildman–Crippen MR) is 119 cm³/mol. The fraction of sp³-hybridized carbons (Fsp3) is 0.400. The molecule has 0 saturated heterocycles. The molecule has 0 amide bonds. The lowest BCUT2D eigenvalue weighted by Crippen LogP contribution is -1.90. The smallest absolute Gasteiger partial charge is 0.0317 e. The number of rotatable bonds is 10. The second-order valence-corrected chi connectivity index (χ2v) is 9.60. The van der Waals surface area contributed by atoms with E-state index in [1.165, 1.54) is 30.7 Å². The van der Waals surface area contributed by atoms with E-state index in [2.05, 4.69) is 50.2 Å². The maximum Gasteiger partial charge on any atom is 0.0317 e. The first-order valence-corrected chi connectivity index (χ1v) is 12.4. The number of aryl methyl sites for hydroxylation is 2. The van der Waals surface area contributed by atoms with Gasteiger partial charge in [0.1, 0.15) is 0 Å². The summed E-state index contributed by atoms with van der Waals surface area (Å²) in [5.74, 6) is 3.31. The zero-order chi connectivity index (χ0) is 18.1. The summed E-state index contributed by atoms with van der Waals surface area (Å²) < 4.78 is 0. The first-order valence-electron chi connectivity index (χ1n) is 8.53. The number of benzene rings is 2. The molecule has 0 bridgehead atoms. The standard InChI is InChI=1S/C20H24Cl2S3/c1-3-15-13-17(5-7-19(15)23-11-9-21)25-18-6-8-20(24-12-10-22)16(4-2)14-18/h5-8,13-14H,3-4,9-12H2,1-2H3. The molecule has 0 aromatic heterocycles. The molecule has 5 heteroatoms. The Kier molecular flexibility index (Phi) is 10.0. The molecule has 0 radical (unpaired) electrons. The van der Waals surface area contributed by atoms with Gasteiger partial charge >= 0.3 is 0 Å². The van der Waals surface area contributed by atoms with Gasteiger partial charge in [0.05, 0.1) is 0 Å². The second kappa shape index (κ2) is 11.7. The molecule has 0 saturated carbocycles. The molecule has 0 fully saturated rings. The normalized spacial score (nSPS) is 11.0. The van der Waals surface area contributed by atoms with Crippen LogP contribution in [0.4, 0.5) is 0 Å². The molecule has 25 heavy (non-hydrogen) atoms. The van der Waals surface area contributed by atoms with Crippen molar-refractivity contribution in [2.24, 2.45) is 0 Å². The molecule has 2 rings (SSSR count). The van der Waals surface area contributed by atoms with Crippen molar-refractivity contribution in [3.05, 3.63) is 47.5 Å². The maximum absolute atomic E-state index is 5.82. The first-order chi connectivity index (χ1) is 12.2. The molecule has 0 atom stereocenters. The lowest BCUT2D eigenvalue weighted by molar-refractivity contribution is 1.06. The third-order valence-corrected chi connectivity index (χ3v) is 7.77. The van der Waals surface area contributed by atoms with Crippen LogP contribution < -0.4 is 0 Å². The quantitative estimate of drug-likeness (QED) is 0.280. The van der Waals surface area contributed by atoms with E-state index in [9.17, 15) is 0 Å². The minimum Gasteiger partial charge on any atom is -0.126 e. The third kappa shape index (κ3) is 6.62. The third-order valence-electron chi connectivity index (χ3n) is 3.73. The van der Waals surface area contributed by atoms with Crippen molar-refractivity contribution in [1.82, 2.24) is 0 Å². The van der Waals surface area contributed by atoms with Gasteiger partial charge < -0.3 is 0 Å². The van der Waals surface area contributed by atoms with Gasteiger partial charge in [0.15, 0.2) is 0 Å². The Morgan fingerprint density at radius 3 is 1.52 bits per heavy atom. The molecule has 0 unspecified atom stereocenters. The molecule has 0 aliphatic rings. The highest BCUT2D eigenvalue weighted by Crippen LogP contribution is 2.35. The predicted octanol–water partition coefficient (Wildman–Crippen LogP) is 7.62. The van der Waals surface area contributed by atoms with E-state index in [-0.39, 0.29) is 0 Å². The molecule has 2 aromatic rings. The molecule has 2 aromatic carbocycles. The Morgan fingerprint density at radius 1 is 0.720 bits per heavy atom. The van der Waals surface area contributed by atoms with Crippen molar-refractivity contribution < 1.29 is 0 Å². The molecule has 0 N–H and O–H groups in total. The van der Waals surface area contributed by atoms with E-state index >= 15 is 0 Å². The van der Waals surface area contributed by atoms with Gasteiger partial charge in [-0.25, -0.2) is 0 Å². The number of hydrogen-bond acceptors (Lipinski definition) is 3. The Labute approximate surface area is 174 Å². The molecule has 0 aliphatic heterocycles. The van der Waals surface area contributed by atoms with Crippen molar-refractivity contribution in [3.8, 4) is 0 Å². The Hall–Kier alpha value is 0.0700. The van der Waals surface area contributed by atoms with Gasteiger partial charge in [-0.2, -0.15) is 0 Å². The molecule has 0 nitrogen and oxygen atoms in total. The number of hydrogen-bond donors (Lipinski definition) is 0. The Balaban J connectivity index is 2.15. The average Bonchev–Trinajstić information content (AvgIpc) is 2.65. The largest absolute Gasteiger partial charge is 0.126 e. The fourth-order valence-corrected chi connectivity index (χ4v) is 5.62. The van der Waals surface area contributed by atoms with Crippen LogP contribution in [0.2, 0.25) is 0 Å². The minimum absolute atomic E-state index is 0.693. The summed E-state index contributed by atoms with van der Waals surface area (Å²) >= 11 is 17.2. The summed E-state index contributed by atoms with van der Waals surface area (Å²) in [6.07, 6.45) is 2.10. The van der Waals surface area contributed by atoms with Crippen LogP contribution in [-0.4, -0.2) is 23.3 Å². The van der Waals surface area contributed by atoms with Gasteiger partial charge in [-0.1, -0.05) is 25.6 Å². The number of alkyl halides is 2. The van der Waals surface area contributed by atoms with E-state index in [0.29, 0.717) is 11.8 Å². The molecular weight excluding hydrogens is 407 g/mol. The summed E-state index contributed by atoms with van der Waals surface area (Å²) in [6, 6.07) is 13.6. The van der Waals surface area contributed by atoms with Crippen LogP contribution in [-0.2, 0) is 12.8 Å². The van der Waals surface area contributed by atoms with E-state index in [1.54, 1.807) is 0 Å². The lowest BCUT2D eigenvalue weighted by Gasteiger charge is -2.12. The summed E-state index contributed by atoms with van der Waals surface area (Å²) in [7, 11) is 0. The van der Waals surface area contributed by atoms with Gasteiger partial charge in [-0.05, 0) is 60.4 Å². The summed E-state index contributed by atoms with van der Waals surface area (Å²) in [5.41, 5.74) is 2.82. The van der Waals surface area contributed by atoms with Gasteiger partial charge in [0.25, 0.3) is 0 Å². The summed E-state index contributed by atoms with van der Waals surface area (Å²) in [5, 5.41) is 0. The van der Waals surface area contributed by atoms with Gasteiger partial charge in [0, 0.05) is 42.8 Å². The van der Waals surface area contributed by atoms with E-state index in [0.717, 1.165) is 24.3 Å². The zero-order valence-electron chi connectivity index (χ0n) is 14.7. The zero-order valence-corrected chi connectivity index (χ0v) is 18.6. The fourth-order valence-electron chi connectivity index (χ4n) is 2.51. The monoisotopic (exact) mass is 430 g/mol. The average molecular weight is 432 g/mol. The van der Waals surface area contributed by atoms with Gasteiger partial charge in [-0.3, -0.25) is 0 Å². The molecule has 0 spiro atoms. The van der Waals surface area contributed by atoms with Crippen molar-refractivity contribution in [2.45, 2.75) is 46.3 Å². The minimum atomic E-state index is 0.693. The SMILES string of the molecule is CCc1cc(Sc2ccc(SCCCl)c(CC)c2)ccc1SCCCl. The van der Waals surface area contributed by atoms with Gasteiger partial charge in [-0.15, -0.1) is 46.7 Å². The highest BCUT2D eigenvalue weighted by molar-refractivity contribution is 8.00. The van der Waals surface area contributed by atoms with Crippen molar-refractivity contribution in [1.29, 1.82) is 0 Å². The highest BCUT2D eigenvalue weighted by atomic mass is 35.5. The van der Waals surface area contributed by atoms with Crippen LogP contribution in [0.5, 0.6) is 0 Å². The van der Waals surface area contributed by atoms with Crippen LogP contribution in [0, 0.1) is 0 Å². The molecular formula is C20H24Cl2S3. The van der Waals surface area contributed by atoms with E-state index in [4.69, 9.17) is 23.2 Å². The van der Waals surface area contributed by atoms with Crippen molar-refractivity contribution >= 4 is 58.5 Å². The van der Waals surface area contributed by atoms with Crippen LogP contribution in [0.3, 0.4) is 0 Å². The number of thioether (sulfide) groups is 2. The van der Waals surface area contributed by atoms with Crippen LogP contribution in [0.25, 0.3) is 0 Å². The van der Waals surface area contributed by atoms with Crippen LogP contribution in [0.1, 0.15) is 25.0 Å². The van der Waals surface area contributed by atoms with Crippen molar-refractivity contribution in [3.63, 3.8) is 0 Å². The van der Waals surface area contributed by atoms with E-state index < -0.39 is 0 Å². The molecule has 136 valence electrons.